The summed E-state index contributed by atoms with van der Waals surface area (Å²) in [5.74, 6) is 0. The zero-order valence-electron chi connectivity index (χ0n) is 14.9. The van der Waals surface area contributed by atoms with Gasteiger partial charge in [-0.2, -0.15) is 0 Å². The van der Waals surface area contributed by atoms with Crippen LogP contribution in [0.2, 0.25) is 0 Å². The predicted octanol–water partition coefficient (Wildman–Crippen LogP) is 4.17. The fourth-order valence-corrected chi connectivity index (χ4v) is 4.63. The molecule has 0 atom stereocenters. The van der Waals surface area contributed by atoms with Crippen LogP contribution in [0, 0.1) is 6.92 Å². The summed E-state index contributed by atoms with van der Waals surface area (Å²) in [5, 5.41) is 0.239. The molecule has 0 saturated carbocycles. The van der Waals surface area contributed by atoms with Crippen LogP contribution in [0.4, 0.5) is 0 Å². The largest absolute Gasteiger partial charge is 0.342 e. The van der Waals surface area contributed by atoms with Crippen LogP contribution in [0.25, 0.3) is 32.4 Å². The lowest BCUT2D eigenvalue weighted by molar-refractivity contribution is 0.956. The number of nitrogens with zero attached hydrogens (tertiary/aromatic N) is 2. The van der Waals surface area contributed by atoms with Crippen molar-refractivity contribution in [1.82, 2.24) is 9.13 Å². The van der Waals surface area contributed by atoms with Crippen molar-refractivity contribution in [3.05, 3.63) is 91.8 Å². The van der Waals surface area contributed by atoms with Gasteiger partial charge in [0.15, 0.2) is 0 Å². The van der Waals surface area contributed by atoms with Crippen LogP contribution >= 0.6 is 11.3 Å². The number of para-hydroxylation sites is 1. The van der Waals surface area contributed by atoms with Gasteiger partial charge in [0.1, 0.15) is 5.39 Å². The first kappa shape index (κ1) is 16.0. The van der Waals surface area contributed by atoms with Crippen LogP contribution in [0.3, 0.4) is 0 Å². The molecule has 0 bridgehead atoms. The standard InChI is InChI=1S/C22H16N2O2S/c1-13-11-18-21(27-13)20(25)19-17(23(18)2)12-16(14-7-6-8-14)24(22(19)26)15-9-4-3-5-10-15/h3-12H,1-2H3. The van der Waals surface area contributed by atoms with Crippen LogP contribution < -0.4 is 11.0 Å². The average Bonchev–Trinajstić information content (AvgIpc) is 3.01. The van der Waals surface area contributed by atoms with Crippen LogP contribution in [0.15, 0.2) is 70.3 Å². The molecule has 4 aromatic rings. The number of hydrogen-bond acceptors (Lipinski definition) is 3. The second-order valence-electron chi connectivity index (χ2n) is 6.71. The van der Waals surface area contributed by atoms with Crippen LogP contribution in [-0.2, 0) is 7.05 Å². The highest BCUT2D eigenvalue weighted by Gasteiger charge is 2.20. The third-order valence-corrected chi connectivity index (χ3v) is 6.08. The summed E-state index contributed by atoms with van der Waals surface area (Å²) >= 11 is 1.44. The summed E-state index contributed by atoms with van der Waals surface area (Å²) in [5.41, 5.74) is 3.60. The molecule has 1 aromatic carbocycles. The lowest BCUT2D eigenvalue weighted by Crippen LogP contribution is -2.27. The third kappa shape index (κ3) is 2.22. The van der Waals surface area contributed by atoms with Gasteiger partial charge in [-0.05, 0) is 36.8 Å². The lowest BCUT2D eigenvalue weighted by Gasteiger charge is -2.18. The second kappa shape index (κ2) is 5.66. The number of rotatable bonds is 2. The number of allylic oxidation sites excluding steroid dienone is 4. The first-order valence-corrected chi connectivity index (χ1v) is 9.51. The van der Waals surface area contributed by atoms with E-state index in [1.807, 2.05) is 79.2 Å². The van der Waals surface area contributed by atoms with Gasteiger partial charge in [-0.25, -0.2) is 0 Å². The molecule has 0 saturated heterocycles. The van der Waals surface area contributed by atoms with Crippen molar-refractivity contribution in [3.8, 4) is 5.69 Å². The number of thiophene rings is 1. The summed E-state index contributed by atoms with van der Waals surface area (Å²) in [7, 11) is 1.91. The van der Waals surface area contributed by atoms with Crippen LogP contribution in [-0.4, -0.2) is 9.13 Å². The Bertz CT molecular complexity index is 1420. The zero-order valence-corrected chi connectivity index (χ0v) is 15.7. The molecule has 1 aliphatic rings. The van der Waals surface area contributed by atoms with E-state index in [2.05, 4.69) is 0 Å². The van der Waals surface area contributed by atoms with E-state index in [-0.39, 0.29) is 16.4 Å². The summed E-state index contributed by atoms with van der Waals surface area (Å²) in [4.78, 5) is 27.8. The van der Waals surface area contributed by atoms with E-state index < -0.39 is 0 Å². The minimum atomic E-state index is -0.275. The fraction of sp³-hybridized carbons (Fsp3) is 0.0909. The van der Waals surface area contributed by atoms with Gasteiger partial charge >= 0.3 is 0 Å². The monoisotopic (exact) mass is 372 g/mol. The predicted molar refractivity (Wildman–Crippen MR) is 112 cm³/mol. The molecule has 0 fully saturated rings. The molecule has 0 radical (unpaired) electrons. The number of pyridine rings is 2. The van der Waals surface area contributed by atoms with Crippen molar-refractivity contribution in [2.75, 3.05) is 0 Å². The molecular formula is C22H16N2O2S. The maximum absolute atomic E-state index is 13.5. The van der Waals surface area contributed by atoms with E-state index in [0.717, 1.165) is 27.3 Å². The highest BCUT2D eigenvalue weighted by atomic mass is 32.1. The lowest BCUT2D eigenvalue weighted by atomic mass is 10.0. The van der Waals surface area contributed by atoms with E-state index in [0.29, 0.717) is 10.2 Å². The molecule has 0 unspecified atom stereocenters. The SMILES string of the molecule is Cc1cc2c(s1)c(=O)c1c(=O)n(-c3ccccc3)c(C3=CC=C3)cc1n2C. The van der Waals surface area contributed by atoms with Gasteiger partial charge < -0.3 is 4.57 Å². The van der Waals surface area contributed by atoms with Gasteiger partial charge in [0.25, 0.3) is 5.56 Å². The Morgan fingerprint density at radius 2 is 1.74 bits per heavy atom. The molecule has 0 amide bonds. The molecule has 5 rings (SSSR count). The smallest absolute Gasteiger partial charge is 0.269 e. The van der Waals surface area contributed by atoms with Crippen LogP contribution in [0.1, 0.15) is 10.6 Å². The Morgan fingerprint density at radius 1 is 1.00 bits per heavy atom. The Hall–Kier alpha value is -3.18. The van der Waals surface area contributed by atoms with Crippen molar-refractivity contribution >= 4 is 38.0 Å². The molecule has 0 aliphatic heterocycles. The van der Waals surface area contributed by atoms with Crippen molar-refractivity contribution in [2.24, 2.45) is 7.05 Å². The minimum Gasteiger partial charge on any atom is -0.342 e. The molecule has 0 spiro atoms. The quantitative estimate of drug-likeness (QED) is 0.530. The summed E-state index contributed by atoms with van der Waals surface area (Å²) in [6, 6.07) is 13.4. The molecular weight excluding hydrogens is 356 g/mol. The summed E-state index contributed by atoms with van der Waals surface area (Å²) in [6.07, 6.45) is 5.90. The Kier molecular flexibility index (Phi) is 3.36. The number of hydrogen-bond donors (Lipinski definition) is 0. The van der Waals surface area contributed by atoms with Gasteiger partial charge in [0.05, 0.1) is 21.4 Å². The van der Waals surface area contributed by atoms with Gasteiger partial charge in [-0.3, -0.25) is 14.2 Å². The van der Waals surface area contributed by atoms with Crippen molar-refractivity contribution in [2.45, 2.75) is 6.92 Å². The van der Waals surface area contributed by atoms with Gasteiger partial charge in [0, 0.05) is 17.6 Å². The number of fused-ring (bicyclic) bond motifs is 2. The van der Waals surface area contributed by atoms with Crippen molar-refractivity contribution in [3.63, 3.8) is 0 Å². The molecule has 3 aromatic heterocycles. The maximum Gasteiger partial charge on any atom is 0.269 e. The maximum atomic E-state index is 13.5. The zero-order chi connectivity index (χ0) is 18.7. The Balaban J connectivity index is 2.02. The van der Waals surface area contributed by atoms with Gasteiger partial charge in [0.2, 0.25) is 5.43 Å². The minimum absolute atomic E-state index is 0.185. The molecule has 4 nitrogen and oxygen atoms in total. The second-order valence-corrected chi connectivity index (χ2v) is 7.96. The first-order valence-electron chi connectivity index (χ1n) is 8.69. The third-order valence-electron chi connectivity index (χ3n) is 5.04. The first-order chi connectivity index (χ1) is 13.1. The average molecular weight is 372 g/mol. The molecule has 1 aliphatic carbocycles. The number of aryl methyl sites for hydroxylation is 2. The fourth-order valence-electron chi connectivity index (χ4n) is 3.64. The van der Waals surface area contributed by atoms with E-state index >= 15 is 0 Å². The van der Waals surface area contributed by atoms with E-state index in [1.54, 1.807) is 4.57 Å². The van der Waals surface area contributed by atoms with Crippen molar-refractivity contribution < 1.29 is 0 Å². The van der Waals surface area contributed by atoms with Gasteiger partial charge in [-0.15, -0.1) is 11.3 Å². The van der Waals surface area contributed by atoms with Gasteiger partial charge in [-0.1, -0.05) is 36.4 Å². The van der Waals surface area contributed by atoms with Crippen LogP contribution in [0.5, 0.6) is 0 Å². The highest BCUT2D eigenvalue weighted by Crippen LogP contribution is 2.29. The summed E-state index contributed by atoms with van der Waals surface area (Å²) in [6.45, 7) is 1.98. The molecule has 132 valence electrons. The molecule has 27 heavy (non-hydrogen) atoms. The number of benzene rings is 1. The van der Waals surface area contributed by atoms with E-state index in [9.17, 15) is 9.59 Å². The highest BCUT2D eigenvalue weighted by molar-refractivity contribution is 7.18. The Labute approximate surface area is 158 Å². The molecule has 5 heteroatoms. The normalized spacial score (nSPS) is 13.2. The number of aromatic nitrogens is 2. The molecule has 3 heterocycles. The van der Waals surface area contributed by atoms with Crippen molar-refractivity contribution in [1.29, 1.82) is 0 Å². The Morgan fingerprint density at radius 3 is 2.41 bits per heavy atom. The molecule has 0 N–H and O–H groups in total. The van der Waals surface area contributed by atoms with E-state index in [1.165, 1.54) is 11.3 Å². The van der Waals surface area contributed by atoms with E-state index in [4.69, 9.17) is 0 Å². The summed E-state index contributed by atoms with van der Waals surface area (Å²) < 4.78 is 4.24. The topological polar surface area (TPSA) is 44.0 Å².